The van der Waals surface area contributed by atoms with Gasteiger partial charge in [0.05, 0.1) is 6.04 Å². The zero-order valence-electron chi connectivity index (χ0n) is 13.3. The zero-order chi connectivity index (χ0) is 16.2. The Morgan fingerprint density at radius 3 is 2.48 bits per heavy atom. The van der Waals surface area contributed by atoms with Crippen LogP contribution in [0.2, 0.25) is 0 Å². The van der Waals surface area contributed by atoms with Gasteiger partial charge in [-0.15, -0.1) is 0 Å². The third kappa shape index (κ3) is 3.93. The Morgan fingerprint density at radius 1 is 1.04 bits per heavy atom. The fourth-order valence-electron chi connectivity index (χ4n) is 2.42. The minimum Gasteiger partial charge on any atom is -0.486 e. The van der Waals surface area contributed by atoms with Gasteiger partial charge in [-0.2, -0.15) is 0 Å². The van der Waals surface area contributed by atoms with Crippen LogP contribution in [0.1, 0.15) is 24.1 Å². The van der Waals surface area contributed by atoms with Crippen molar-refractivity contribution in [2.24, 2.45) is 0 Å². The monoisotopic (exact) mass is 328 g/mol. The summed E-state index contributed by atoms with van der Waals surface area (Å²) in [5, 5.41) is 7.06. The molecule has 120 valence electrons. The highest BCUT2D eigenvalue weighted by molar-refractivity contribution is 7.80. The molecule has 4 nitrogen and oxygen atoms in total. The number of anilines is 1. The summed E-state index contributed by atoms with van der Waals surface area (Å²) < 4.78 is 11.1. The quantitative estimate of drug-likeness (QED) is 0.839. The highest BCUT2D eigenvalue weighted by Gasteiger charge is 2.13. The first-order chi connectivity index (χ1) is 11.1. The third-order valence-electron chi connectivity index (χ3n) is 3.72. The number of rotatable bonds is 3. The molecular weight excluding hydrogens is 308 g/mol. The minimum absolute atomic E-state index is 0.132. The van der Waals surface area contributed by atoms with Crippen molar-refractivity contribution < 1.29 is 9.47 Å². The molecule has 2 aromatic carbocycles. The van der Waals surface area contributed by atoms with Crippen LogP contribution in [-0.4, -0.2) is 18.3 Å². The molecule has 0 aromatic heterocycles. The normalized spacial score (nSPS) is 14.0. The summed E-state index contributed by atoms with van der Waals surface area (Å²) in [6, 6.07) is 14.3. The van der Waals surface area contributed by atoms with Gasteiger partial charge in [0.15, 0.2) is 16.6 Å². The van der Waals surface area contributed by atoms with Crippen molar-refractivity contribution in [3.8, 4) is 11.5 Å². The standard InChI is InChI=1S/C18H20N2O2S/c1-12-3-5-14(6-4-12)13(2)19-18(23)20-15-7-8-16-17(11-15)22-10-9-21-16/h3-8,11,13H,9-10H2,1-2H3,(H2,19,20,23)/t13-/m1/s1. The summed E-state index contributed by atoms with van der Waals surface area (Å²) in [5.41, 5.74) is 3.32. The van der Waals surface area contributed by atoms with Crippen LogP contribution in [0.25, 0.3) is 0 Å². The van der Waals surface area contributed by atoms with Gasteiger partial charge >= 0.3 is 0 Å². The van der Waals surface area contributed by atoms with E-state index in [0.717, 1.165) is 17.2 Å². The van der Waals surface area contributed by atoms with Crippen LogP contribution in [0.3, 0.4) is 0 Å². The number of hydrogen-bond donors (Lipinski definition) is 2. The lowest BCUT2D eigenvalue weighted by Crippen LogP contribution is -2.30. The first-order valence-corrected chi connectivity index (χ1v) is 8.06. The van der Waals surface area contributed by atoms with Gasteiger partial charge in [-0.1, -0.05) is 29.8 Å². The average molecular weight is 328 g/mol. The molecular formula is C18H20N2O2S. The Bertz CT molecular complexity index is 701. The number of fused-ring (bicyclic) bond motifs is 1. The lowest BCUT2D eigenvalue weighted by molar-refractivity contribution is 0.171. The van der Waals surface area contributed by atoms with E-state index in [0.29, 0.717) is 18.3 Å². The molecule has 2 N–H and O–H groups in total. The molecule has 5 heteroatoms. The Kier molecular flexibility index (Phi) is 4.67. The third-order valence-corrected chi connectivity index (χ3v) is 3.94. The largest absolute Gasteiger partial charge is 0.486 e. The van der Waals surface area contributed by atoms with E-state index in [2.05, 4.69) is 48.7 Å². The summed E-state index contributed by atoms with van der Waals surface area (Å²) in [5.74, 6) is 1.52. The first-order valence-electron chi connectivity index (χ1n) is 7.65. The lowest BCUT2D eigenvalue weighted by atomic mass is 10.1. The molecule has 1 heterocycles. The van der Waals surface area contributed by atoms with Gasteiger partial charge < -0.3 is 20.1 Å². The summed E-state index contributed by atoms with van der Waals surface area (Å²) in [7, 11) is 0. The Balaban J connectivity index is 1.61. The number of nitrogens with one attached hydrogen (secondary N) is 2. The maximum absolute atomic E-state index is 5.58. The van der Waals surface area contributed by atoms with E-state index in [1.165, 1.54) is 11.1 Å². The fraction of sp³-hybridized carbons (Fsp3) is 0.278. The number of thiocarbonyl (C=S) groups is 1. The van der Waals surface area contributed by atoms with Gasteiger partial charge in [-0.3, -0.25) is 0 Å². The van der Waals surface area contributed by atoms with E-state index in [9.17, 15) is 0 Å². The number of hydrogen-bond acceptors (Lipinski definition) is 3. The second-order valence-corrected chi connectivity index (χ2v) is 6.00. The molecule has 0 bridgehead atoms. The van der Waals surface area contributed by atoms with E-state index in [4.69, 9.17) is 21.7 Å². The van der Waals surface area contributed by atoms with Gasteiger partial charge in [0.2, 0.25) is 0 Å². The highest BCUT2D eigenvalue weighted by Crippen LogP contribution is 2.32. The molecule has 3 rings (SSSR count). The molecule has 0 unspecified atom stereocenters. The molecule has 2 aromatic rings. The summed E-state index contributed by atoms with van der Waals surface area (Å²) in [4.78, 5) is 0. The molecule has 1 aliphatic heterocycles. The van der Waals surface area contributed by atoms with Crippen molar-refractivity contribution in [3.63, 3.8) is 0 Å². The Morgan fingerprint density at radius 2 is 1.74 bits per heavy atom. The van der Waals surface area contributed by atoms with E-state index < -0.39 is 0 Å². The zero-order valence-corrected chi connectivity index (χ0v) is 14.1. The van der Waals surface area contributed by atoms with Crippen LogP contribution in [-0.2, 0) is 0 Å². The van der Waals surface area contributed by atoms with Crippen molar-refractivity contribution in [1.29, 1.82) is 0 Å². The second kappa shape index (κ2) is 6.87. The van der Waals surface area contributed by atoms with Gasteiger partial charge in [0.25, 0.3) is 0 Å². The topological polar surface area (TPSA) is 42.5 Å². The van der Waals surface area contributed by atoms with Crippen LogP contribution in [0.15, 0.2) is 42.5 Å². The maximum atomic E-state index is 5.58. The lowest BCUT2D eigenvalue weighted by Gasteiger charge is -2.20. The molecule has 0 saturated carbocycles. The van der Waals surface area contributed by atoms with Crippen molar-refractivity contribution in [1.82, 2.24) is 5.32 Å². The molecule has 23 heavy (non-hydrogen) atoms. The maximum Gasteiger partial charge on any atom is 0.171 e. The average Bonchev–Trinajstić information content (AvgIpc) is 2.55. The Labute approximate surface area is 141 Å². The van der Waals surface area contributed by atoms with E-state index in [1.54, 1.807) is 0 Å². The van der Waals surface area contributed by atoms with Gasteiger partial charge in [-0.05, 0) is 43.8 Å². The molecule has 1 aliphatic rings. The summed E-state index contributed by atoms with van der Waals surface area (Å²) in [6.45, 7) is 5.33. The molecule has 0 amide bonds. The second-order valence-electron chi connectivity index (χ2n) is 5.59. The molecule has 0 fully saturated rings. The van der Waals surface area contributed by atoms with Gasteiger partial charge in [0.1, 0.15) is 13.2 Å². The van der Waals surface area contributed by atoms with Crippen LogP contribution < -0.4 is 20.1 Å². The molecule has 1 atom stereocenters. The SMILES string of the molecule is Cc1ccc([C@@H](C)NC(=S)Nc2ccc3c(c2)OCCO3)cc1. The molecule has 0 radical (unpaired) electrons. The summed E-state index contributed by atoms with van der Waals surface area (Å²) >= 11 is 5.40. The Hall–Kier alpha value is -2.27. The van der Waals surface area contributed by atoms with E-state index in [-0.39, 0.29) is 6.04 Å². The highest BCUT2D eigenvalue weighted by atomic mass is 32.1. The van der Waals surface area contributed by atoms with Crippen LogP contribution >= 0.6 is 12.2 Å². The van der Waals surface area contributed by atoms with Crippen LogP contribution in [0.5, 0.6) is 11.5 Å². The number of aryl methyl sites for hydroxylation is 1. The number of ether oxygens (including phenoxy) is 2. The molecule has 0 saturated heterocycles. The van der Waals surface area contributed by atoms with Crippen molar-refractivity contribution in [2.45, 2.75) is 19.9 Å². The smallest absolute Gasteiger partial charge is 0.171 e. The minimum atomic E-state index is 0.132. The number of benzene rings is 2. The van der Waals surface area contributed by atoms with Gasteiger partial charge in [-0.25, -0.2) is 0 Å². The van der Waals surface area contributed by atoms with E-state index in [1.807, 2.05) is 18.2 Å². The van der Waals surface area contributed by atoms with E-state index >= 15 is 0 Å². The fourth-order valence-corrected chi connectivity index (χ4v) is 2.72. The molecule has 0 aliphatic carbocycles. The van der Waals surface area contributed by atoms with Gasteiger partial charge in [0, 0.05) is 11.8 Å². The summed E-state index contributed by atoms with van der Waals surface area (Å²) in [6.07, 6.45) is 0. The van der Waals surface area contributed by atoms with Crippen LogP contribution in [0, 0.1) is 6.92 Å². The predicted molar refractivity (Wildman–Crippen MR) is 96.4 cm³/mol. The van der Waals surface area contributed by atoms with Crippen molar-refractivity contribution in [2.75, 3.05) is 18.5 Å². The van der Waals surface area contributed by atoms with Crippen molar-refractivity contribution in [3.05, 3.63) is 53.6 Å². The first kappa shape index (κ1) is 15.6. The molecule has 0 spiro atoms. The van der Waals surface area contributed by atoms with Crippen LogP contribution in [0.4, 0.5) is 5.69 Å². The predicted octanol–water partition coefficient (Wildman–Crippen LogP) is 3.81. The van der Waals surface area contributed by atoms with Crippen molar-refractivity contribution >= 4 is 23.0 Å².